The number of hydrogen-bond acceptors (Lipinski definition) is 3. The summed E-state index contributed by atoms with van der Waals surface area (Å²) < 4.78 is 0. The third-order valence-electron chi connectivity index (χ3n) is 2.22. The predicted molar refractivity (Wildman–Crippen MR) is 66.6 cm³/mol. The third-order valence-corrected chi connectivity index (χ3v) is 3.14. The van der Waals surface area contributed by atoms with E-state index in [-0.39, 0.29) is 10.9 Å². The van der Waals surface area contributed by atoms with Gasteiger partial charge < -0.3 is 0 Å². The molecule has 1 aromatic carbocycles. The number of aryl methyl sites for hydroxylation is 1. The predicted octanol–water partition coefficient (Wildman–Crippen LogP) is 3.37. The Kier molecular flexibility index (Phi) is 5.26. The molecule has 0 fully saturated rings. The van der Waals surface area contributed by atoms with E-state index in [0.29, 0.717) is 6.42 Å². The highest BCUT2D eigenvalue weighted by atomic mass is 32.2. The van der Waals surface area contributed by atoms with E-state index in [1.807, 2.05) is 38.1 Å². The summed E-state index contributed by atoms with van der Waals surface area (Å²) in [7, 11) is 0. The van der Waals surface area contributed by atoms with Gasteiger partial charge in [0.05, 0.1) is 0 Å². The molecular weight excluding hydrogens is 220 g/mol. The zero-order valence-corrected chi connectivity index (χ0v) is 10.5. The molecule has 1 aromatic rings. The van der Waals surface area contributed by atoms with Crippen LogP contribution in [0.2, 0.25) is 0 Å². The molecule has 16 heavy (non-hydrogen) atoms. The van der Waals surface area contributed by atoms with E-state index in [0.717, 1.165) is 35.1 Å². The van der Waals surface area contributed by atoms with Gasteiger partial charge >= 0.3 is 0 Å². The molecule has 0 aliphatic heterocycles. The lowest BCUT2D eigenvalue weighted by atomic mass is 10.2. The van der Waals surface area contributed by atoms with Gasteiger partial charge in [-0.25, -0.2) is 0 Å². The molecule has 0 bridgehead atoms. The smallest absolute Gasteiger partial charge is 0.259 e. The van der Waals surface area contributed by atoms with E-state index in [9.17, 15) is 9.59 Å². The number of carbonyl (C=O) groups excluding carboxylic acids is 2. The normalized spacial score (nSPS) is 10.1. The van der Waals surface area contributed by atoms with Gasteiger partial charge in [-0.3, -0.25) is 9.59 Å². The Hall–Kier alpha value is -1.09. The maximum absolute atomic E-state index is 11.5. The minimum atomic E-state index is -0.350. The van der Waals surface area contributed by atoms with Gasteiger partial charge in [-0.1, -0.05) is 31.0 Å². The molecule has 0 heterocycles. The monoisotopic (exact) mass is 236 g/mol. The highest BCUT2D eigenvalue weighted by Crippen LogP contribution is 2.20. The number of thioether (sulfide) groups is 1. The quantitative estimate of drug-likeness (QED) is 0.580. The van der Waals surface area contributed by atoms with Crippen molar-refractivity contribution in [3.05, 3.63) is 29.8 Å². The van der Waals surface area contributed by atoms with Crippen molar-refractivity contribution in [1.29, 1.82) is 0 Å². The number of ketones is 1. The van der Waals surface area contributed by atoms with E-state index in [2.05, 4.69) is 0 Å². The first-order valence-electron chi connectivity index (χ1n) is 5.45. The van der Waals surface area contributed by atoms with Crippen LogP contribution in [0.15, 0.2) is 29.2 Å². The molecule has 0 saturated carbocycles. The Morgan fingerprint density at radius 1 is 1.19 bits per heavy atom. The number of benzene rings is 1. The van der Waals surface area contributed by atoms with Crippen molar-refractivity contribution in [2.75, 3.05) is 0 Å². The van der Waals surface area contributed by atoms with Crippen LogP contribution in [0, 0.1) is 6.92 Å². The molecule has 0 N–H and O–H groups in total. The Labute approximate surface area is 100 Å². The van der Waals surface area contributed by atoms with Gasteiger partial charge in [-0.15, -0.1) is 0 Å². The van der Waals surface area contributed by atoms with Crippen molar-refractivity contribution in [2.24, 2.45) is 0 Å². The summed E-state index contributed by atoms with van der Waals surface area (Å²) in [6, 6.07) is 7.61. The summed E-state index contributed by atoms with van der Waals surface area (Å²) in [5, 5.41) is -0.350. The SMILES string of the molecule is CCCCC(=O)C(=O)Sc1ccc(C)cc1. The van der Waals surface area contributed by atoms with Crippen molar-refractivity contribution in [3.8, 4) is 0 Å². The molecule has 0 aliphatic rings. The lowest BCUT2D eigenvalue weighted by Gasteiger charge is -2.00. The summed E-state index contributed by atoms with van der Waals surface area (Å²) in [5.41, 5.74) is 1.15. The summed E-state index contributed by atoms with van der Waals surface area (Å²) in [5.74, 6) is -0.271. The minimum Gasteiger partial charge on any atom is -0.290 e. The van der Waals surface area contributed by atoms with E-state index < -0.39 is 0 Å². The first kappa shape index (κ1) is 13.0. The molecule has 0 amide bonds. The van der Waals surface area contributed by atoms with Crippen molar-refractivity contribution in [3.63, 3.8) is 0 Å². The third kappa shape index (κ3) is 4.19. The molecule has 0 saturated heterocycles. The second-order valence-electron chi connectivity index (χ2n) is 3.73. The summed E-state index contributed by atoms with van der Waals surface area (Å²) in [4.78, 5) is 23.8. The van der Waals surface area contributed by atoms with Crippen LogP contribution >= 0.6 is 11.8 Å². The lowest BCUT2D eigenvalue weighted by Crippen LogP contribution is -2.08. The van der Waals surface area contributed by atoms with Crippen LogP contribution in [0.3, 0.4) is 0 Å². The summed E-state index contributed by atoms with van der Waals surface area (Å²) in [6.45, 7) is 3.99. The minimum absolute atomic E-state index is 0.271. The molecule has 0 spiro atoms. The van der Waals surface area contributed by atoms with Gasteiger partial charge in [0.25, 0.3) is 5.12 Å². The van der Waals surface area contributed by atoms with Crippen LogP contribution in [0.25, 0.3) is 0 Å². The molecule has 86 valence electrons. The van der Waals surface area contributed by atoms with E-state index in [4.69, 9.17) is 0 Å². The average Bonchev–Trinajstić information content (AvgIpc) is 2.29. The fourth-order valence-corrected chi connectivity index (χ4v) is 1.91. The van der Waals surface area contributed by atoms with Gasteiger partial charge in [-0.05, 0) is 37.2 Å². The van der Waals surface area contributed by atoms with Crippen molar-refractivity contribution >= 4 is 22.7 Å². The summed E-state index contributed by atoms with van der Waals surface area (Å²) >= 11 is 1.02. The Balaban J connectivity index is 2.51. The van der Waals surface area contributed by atoms with Gasteiger partial charge in [0.1, 0.15) is 0 Å². The van der Waals surface area contributed by atoms with Crippen molar-refractivity contribution in [1.82, 2.24) is 0 Å². The highest BCUT2D eigenvalue weighted by Gasteiger charge is 2.14. The van der Waals surface area contributed by atoms with Crippen LogP contribution in [0.5, 0.6) is 0 Å². The zero-order chi connectivity index (χ0) is 12.0. The van der Waals surface area contributed by atoms with Crippen LogP contribution in [0.4, 0.5) is 0 Å². The number of rotatable bonds is 5. The largest absolute Gasteiger partial charge is 0.290 e. The second-order valence-corrected chi connectivity index (χ2v) is 4.78. The number of carbonyl (C=O) groups is 2. The molecular formula is C13H16O2S. The molecule has 0 aliphatic carbocycles. The fourth-order valence-electron chi connectivity index (χ4n) is 1.21. The molecule has 0 unspecified atom stereocenters. The number of unbranched alkanes of at least 4 members (excludes halogenated alkanes) is 1. The van der Waals surface area contributed by atoms with Gasteiger partial charge in [0, 0.05) is 11.3 Å². The molecule has 0 atom stereocenters. The Morgan fingerprint density at radius 3 is 2.38 bits per heavy atom. The lowest BCUT2D eigenvalue weighted by molar-refractivity contribution is -0.131. The Bertz CT molecular complexity index is 368. The van der Waals surface area contributed by atoms with Crippen molar-refractivity contribution in [2.45, 2.75) is 38.0 Å². The van der Waals surface area contributed by atoms with Crippen LogP contribution < -0.4 is 0 Å². The molecule has 0 radical (unpaired) electrons. The first-order valence-corrected chi connectivity index (χ1v) is 6.27. The fraction of sp³-hybridized carbons (Fsp3) is 0.385. The average molecular weight is 236 g/mol. The molecule has 2 nitrogen and oxygen atoms in total. The van der Waals surface area contributed by atoms with E-state index in [1.54, 1.807) is 0 Å². The van der Waals surface area contributed by atoms with Crippen LogP contribution in [-0.4, -0.2) is 10.9 Å². The molecule has 0 aromatic heterocycles. The zero-order valence-electron chi connectivity index (χ0n) is 9.66. The van der Waals surface area contributed by atoms with Crippen LogP contribution in [0.1, 0.15) is 31.7 Å². The standard InChI is InChI=1S/C13H16O2S/c1-3-4-5-12(14)13(15)16-11-8-6-10(2)7-9-11/h6-9H,3-5H2,1-2H3. The Morgan fingerprint density at radius 2 is 1.81 bits per heavy atom. The van der Waals surface area contributed by atoms with Crippen molar-refractivity contribution < 1.29 is 9.59 Å². The summed E-state index contributed by atoms with van der Waals surface area (Å²) in [6.07, 6.45) is 2.10. The highest BCUT2D eigenvalue weighted by molar-refractivity contribution is 8.15. The molecule has 3 heteroatoms. The molecule has 1 rings (SSSR count). The van der Waals surface area contributed by atoms with Gasteiger partial charge in [0.2, 0.25) is 5.78 Å². The number of Topliss-reactive ketones (excluding diaryl/α,β-unsaturated/α-hetero) is 1. The maximum Gasteiger partial charge on any atom is 0.259 e. The second kappa shape index (κ2) is 6.48. The topological polar surface area (TPSA) is 34.1 Å². The van der Waals surface area contributed by atoms with Gasteiger partial charge in [0.15, 0.2) is 0 Å². The first-order chi connectivity index (χ1) is 7.63. The maximum atomic E-state index is 11.5. The van der Waals surface area contributed by atoms with Crippen LogP contribution in [-0.2, 0) is 9.59 Å². The van der Waals surface area contributed by atoms with E-state index >= 15 is 0 Å². The van der Waals surface area contributed by atoms with E-state index in [1.165, 1.54) is 0 Å². The van der Waals surface area contributed by atoms with Gasteiger partial charge in [-0.2, -0.15) is 0 Å². The number of hydrogen-bond donors (Lipinski definition) is 0.